The summed E-state index contributed by atoms with van der Waals surface area (Å²) in [6.45, 7) is 0. The average molecular weight is 465 g/mol. The van der Waals surface area contributed by atoms with Crippen molar-refractivity contribution in [2.45, 2.75) is 29.6 Å². The van der Waals surface area contributed by atoms with Crippen LogP contribution >= 0.6 is 0 Å². The standard InChI is InChI=1S/C20H16.2CH3.Hf/c1-2-6-18-12-15(11-17(18)5-1)9-10-16-13-19-7-3-4-8-20(19)14-16;;;/h1-8,11-14H,9-10H2;2*1H3;. The van der Waals surface area contributed by atoms with Gasteiger partial charge in [0.05, 0.1) is 0 Å². The molecule has 0 nitrogen and oxygen atoms in total. The number of hydrogen-bond acceptors (Lipinski definition) is 0. The third kappa shape index (κ3) is 1.92. The van der Waals surface area contributed by atoms with Crippen LogP contribution < -0.4 is 0 Å². The molecule has 0 amide bonds. The molecule has 1 fully saturated rings. The molecule has 1 heterocycles. The number of rotatable bonds is 0. The molecule has 1 saturated heterocycles. The van der Waals surface area contributed by atoms with E-state index in [-0.39, 0.29) is 0 Å². The van der Waals surface area contributed by atoms with Gasteiger partial charge in [-0.2, -0.15) is 0 Å². The summed E-state index contributed by atoms with van der Waals surface area (Å²) in [5, 5.41) is 0. The van der Waals surface area contributed by atoms with Crippen molar-refractivity contribution in [3.8, 4) is 0 Å². The molecule has 114 valence electrons. The van der Waals surface area contributed by atoms with Crippen LogP contribution in [0.25, 0.3) is 12.2 Å². The predicted octanol–water partition coefficient (Wildman–Crippen LogP) is 6.31. The Bertz CT molecular complexity index is 798. The second kappa shape index (κ2) is 4.89. The molecule has 5 rings (SSSR count). The van der Waals surface area contributed by atoms with E-state index in [1.54, 1.807) is 22.3 Å². The van der Waals surface area contributed by atoms with Crippen LogP contribution in [0, 0.1) is 0 Å². The summed E-state index contributed by atoms with van der Waals surface area (Å²) in [5.41, 5.74) is 9.76. The van der Waals surface area contributed by atoms with Crippen molar-refractivity contribution in [3.63, 3.8) is 0 Å². The zero-order valence-electron chi connectivity index (χ0n) is 13.8. The minimum absolute atomic E-state index is 0.778. The van der Waals surface area contributed by atoms with E-state index in [0.717, 1.165) is 7.35 Å². The number of hydrogen-bond donors (Lipinski definition) is 0. The molecular formula is C22H22Hf. The third-order valence-corrected chi connectivity index (χ3v) is 21.8. The molecule has 2 atom stereocenters. The van der Waals surface area contributed by atoms with Gasteiger partial charge in [0.25, 0.3) is 0 Å². The van der Waals surface area contributed by atoms with Crippen LogP contribution in [0.1, 0.15) is 42.4 Å². The quantitative estimate of drug-likeness (QED) is 0.401. The molecule has 0 N–H and O–H groups in total. The summed E-state index contributed by atoms with van der Waals surface area (Å²) in [5.74, 6) is 0. The van der Waals surface area contributed by atoms with Gasteiger partial charge in [0, 0.05) is 0 Å². The summed E-state index contributed by atoms with van der Waals surface area (Å²) >= 11 is -2.59. The maximum absolute atomic E-state index is 2.71. The van der Waals surface area contributed by atoms with Gasteiger partial charge < -0.3 is 0 Å². The van der Waals surface area contributed by atoms with Crippen molar-refractivity contribution < 1.29 is 20.0 Å². The first kappa shape index (κ1) is 14.2. The Morgan fingerprint density at radius 2 is 1.13 bits per heavy atom. The van der Waals surface area contributed by atoms with E-state index in [4.69, 9.17) is 0 Å². The van der Waals surface area contributed by atoms with E-state index in [0.29, 0.717) is 0 Å². The van der Waals surface area contributed by atoms with Gasteiger partial charge in [-0.25, -0.2) is 0 Å². The summed E-state index contributed by atoms with van der Waals surface area (Å²) in [4.78, 5) is 0. The fourth-order valence-corrected chi connectivity index (χ4v) is 22.8. The van der Waals surface area contributed by atoms with Crippen LogP contribution in [0.4, 0.5) is 0 Å². The average Bonchev–Trinajstić information content (AvgIpc) is 3.08. The van der Waals surface area contributed by atoms with Crippen molar-refractivity contribution in [1.82, 2.24) is 0 Å². The van der Waals surface area contributed by atoms with Gasteiger partial charge in [0.15, 0.2) is 0 Å². The van der Waals surface area contributed by atoms with Gasteiger partial charge >= 0.3 is 144 Å². The van der Waals surface area contributed by atoms with E-state index < -0.39 is 20.0 Å². The fraction of sp³-hybridized carbons (Fsp3) is 0.273. The van der Waals surface area contributed by atoms with Gasteiger partial charge in [-0.3, -0.25) is 0 Å². The first-order chi connectivity index (χ1) is 11.2. The van der Waals surface area contributed by atoms with Gasteiger partial charge in [-0.15, -0.1) is 0 Å². The molecule has 0 spiro atoms. The zero-order chi connectivity index (χ0) is 15.6. The van der Waals surface area contributed by atoms with Crippen LogP contribution in [-0.4, -0.2) is 0 Å². The maximum atomic E-state index is 2.71. The van der Waals surface area contributed by atoms with Crippen molar-refractivity contribution in [3.05, 3.63) is 81.9 Å². The second-order valence-electron chi connectivity index (χ2n) is 7.88. The molecule has 3 aliphatic rings. The van der Waals surface area contributed by atoms with Gasteiger partial charge in [0.2, 0.25) is 0 Å². The first-order valence-corrected chi connectivity index (χ1v) is 20.1. The normalized spacial score (nSPS) is 26.3. The molecule has 2 aliphatic carbocycles. The van der Waals surface area contributed by atoms with Crippen molar-refractivity contribution in [2.75, 3.05) is 0 Å². The molecule has 23 heavy (non-hydrogen) atoms. The first-order valence-electron chi connectivity index (χ1n) is 8.75. The zero-order valence-corrected chi connectivity index (χ0v) is 17.4. The van der Waals surface area contributed by atoms with Crippen molar-refractivity contribution in [1.29, 1.82) is 0 Å². The summed E-state index contributed by atoms with van der Waals surface area (Å²) < 4.78 is 6.97. The Morgan fingerprint density at radius 1 is 0.696 bits per heavy atom. The number of allylic oxidation sites excluding steroid dienone is 2. The summed E-state index contributed by atoms with van der Waals surface area (Å²) in [7, 11) is 0. The molecular weight excluding hydrogens is 443 g/mol. The van der Waals surface area contributed by atoms with Crippen LogP contribution in [0.3, 0.4) is 0 Å². The Balaban J connectivity index is 1.71. The predicted molar refractivity (Wildman–Crippen MR) is 95.3 cm³/mol. The molecule has 1 heteroatoms. The Hall–Kier alpha value is -1.21. The molecule has 2 aromatic carbocycles. The SMILES string of the molecule is [CH3][Hf]1([CH3])[CH]2C(=Cc3ccccc32)CCC2=Cc3ccccc3[CH]21. The molecule has 2 aromatic rings. The molecule has 0 radical (unpaired) electrons. The fourth-order valence-electron chi connectivity index (χ4n) is 5.42. The van der Waals surface area contributed by atoms with E-state index in [1.807, 2.05) is 0 Å². The monoisotopic (exact) mass is 466 g/mol. The Labute approximate surface area is 143 Å². The summed E-state index contributed by atoms with van der Waals surface area (Å²) in [6.07, 6.45) is 7.57. The third-order valence-electron chi connectivity index (χ3n) is 6.23. The van der Waals surface area contributed by atoms with Crippen molar-refractivity contribution in [2.24, 2.45) is 0 Å². The van der Waals surface area contributed by atoms with Crippen LogP contribution in [0.15, 0.2) is 59.7 Å². The second-order valence-corrected chi connectivity index (χ2v) is 25.1. The van der Waals surface area contributed by atoms with Gasteiger partial charge in [-0.1, -0.05) is 0 Å². The molecule has 2 unspecified atom stereocenters. The number of benzene rings is 2. The Morgan fingerprint density at radius 3 is 1.61 bits per heavy atom. The van der Waals surface area contributed by atoms with Crippen molar-refractivity contribution >= 4 is 12.2 Å². The molecule has 0 aromatic heterocycles. The van der Waals surface area contributed by atoms with Gasteiger partial charge in [0.1, 0.15) is 0 Å². The minimum atomic E-state index is -2.59. The van der Waals surface area contributed by atoms with Crippen LogP contribution in [0.2, 0.25) is 9.36 Å². The Kier molecular flexibility index (Phi) is 3.01. The van der Waals surface area contributed by atoms with E-state index in [2.05, 4.69) is 70.0 Å². The van der Waals surface area contributed by atoms with Crippen LogP contribution in [-0.2, 0) is 20.0 Å². The van der Waals surface area contributed by atoms with E-state index in [9.17, 15) is 0 Å². The molecule has 1 aliphatic heterocycles. The molecule has 0 saturated carbocycles. The van der Waals surface area contributed by atoms with E-state index >= 15 is 0 Å². The topological polar surface area (TPSA) is 0 Å². The number of fused-ring (bicyclic) bond motifs is 6. The summed E-state index contributed by atoms with van der Waals surface area (Å²) in [6, 6.07) is 18.3. The molecule has 0 bridgehead atoms. The van der Waals surface area contributed by atoms with E-state index in [1.165, 1.54) is 24.0 Å². The van der Waals surface area contributed by atoms with Gasteiger partial charge in [-0.05, 0) is 0 Å². The van der Waals surface area contributed by atoms with Crippen LogP contribution in [0.5, 0.6) is 0 Å².